The highest BCUT2D eigenvalue weighted by atomic mass is 16.7. The van der Waals surface area contributed by atoms with Gasteiger partial charge < -0.3 is 24.1 Å². The van der Waals surface area contributed by atoms with Crippen LogP contribution in [0, 0.1) is 28.6 Å². The third kappa shape index (κ3) is 3.58. The summed E-state index contributed by atoms with van der Waals surface area (Å²) in [6, 6.07) is 6.81. The Balaban J connectivity index is 1.71. The summed E-state index contributed by atoms with van der Waals surface area (Å²) in [5.41, 5.74) is -1.95. The third-order valence-corrected chi connectivity index (χ3v) is 9.83. The van der Waals surface area contributed by atoms with Crippen LogP contribution in [0.4, 0.5) is 0 Å². The zero-order valence-electron chi connectivity index (χ0n) is 23.7. The number of carbonyl (C=O) groups is 2. The van der Waals surface area contributed by atoms with E-state index in [2.05, 4.69) is 20.8 Å². The van der Waals surface area contributed by atoms with E-state index in [-0.39, 0.29) is 35.2 Å². The van der Waals surface area contributed by atoms with Gasteiger partial charge in [0.25, 0.3) is 0 Å². The Morgan fingerprint density at radius 3 is 2.47 bits per heavy atom. The number of allylic oxidation sites excluding steroid dienone is 1. The first-order valence-electron chi connectivity index (χ1n) is 13.5. The monoisotopic (exact) mass is 524 g/mol. The summed E-state index contributed by atoms with van der Waals surface area (Å²) in [6.45, 7) is 14.1. The second-order valence-corrected chi connectivity index (χ2v) is 12.7. The predicted octanol–water partition coefficient (Wildman–Crippen LogP) is 4.88. The highest BCUT2D eigenvalue weighted by Gasteiger charge is 2.74. The number of carbonyl (C=O) groups excluding carboxylic acids is 2. The van der Waals surface area contributed by atoms with Crippen LogP contribution >= 0.6 is 0 Å². The van der Waals surface area contributed by atoms with Crippen molar-refractivity contribution in [3.63, 3.8) is 0 Å². The van der Waals surface area contributed by atoms with Gasteiger partial charge in [0.2, 0.25) is 0 Å². The van der Waals surface area contributed by atoms with E-state index in [9.17, 15) is 14.7 Å². The molecule has 0 radical (unpaired) electrons. The van der Waals surface area contributed by atoms with Crippen molar-refractivity contribution in [2.24, 2.45) is 28.6 Å². The van der Waals surface area contributed by atoms with Crippen LogP contribution in [0.3, 0.4) is 0 Å². The van der Waals surface area contributed by atoms with Gasteiger partial charge in [-0.05, 0) is 67.7 Å². The first kappa shape index (κ1) is 27.1. The Bertz CT molecular complexity index is 1230. The fraction of sp³-hybridized carbons (Fsp3) is 0.613. The standard InChI is InChI=1S/C31H40O7/c1-17-15-30-19(3)13-18(2)28(4,5)22(24(30)32)14-20-16-36-29(6,7)38-26(20)31(30,34)25(17)37-27(33)21-11-9-10-12-23(21)35-8/h9-12,14-15,18-19,22,25-26,34H,13,16H2,1-8H3/t18-,19+,22+,25-,26+,30-,31+/m0/s1. The van der Waals surface area contributed by atoms with Crippen LogP contribution in [0.1, 0.15) is 65.2 Å². The number of para-hydroxylation sites is 1. The summed E-state index contributed by atoms with van der Waals surface area (Å²) in [7, 11) is 1.49. The molecular weight excluding hydrogens is 484 g/mol. The van der Waals surface area contributed by atoms with E-state index in [4.69, 9.17) is 18.9 Å². The van der Waals surface area contributed by atoms with Gasteiger partial charge in [0.1, 0.15) is 17.4 Å². The lowest BCUT2D eigenvalue weighted by Crippen LogP contribution is -2.68. The molecule has 1 aromatic rings. The Kier molecular flexibility index (Phi) is 6.25. The topological polar surface area (TPSA) is 91.3 Å². The summed E-state index contributed by atoms with van der Waals surface area (Å²) in [4.78, 5) is 28.3. The van der Waals surface area contributed by atoms with Gasteiger partial charge >= 0.3 is 5.97 Å². The van der Waals surface area contributed by atoms with Crippen molar-refractivity contribution >= 4 is 11.8 Å². The molecule has 2 bridgehead atoms. The second-order valence-electron chi connectivity index (χ2n) is 12.7. The van der Waals surface area contributed by atoms with E-state index in [1.54, 1.807) is 38.1 Å². The molecule has 1 saturated heterocycles. The number of aliphatic hydroxyl groups is 1. The number of esters is 1. The fourth-order valence-electron chi connectivity index (χ4n) is 7.34. The number of Topliss-reactive ketones (excluding diaryl/α,β-unsaturated/α-hetero) is 1. The Morgan fingerprint density at radius 1 is 1.11 bits per heavy atom. The molecule has 7 atom stereocenters. The van der Waals surface area contributed by atoms with Crippen LogP contribution in [0.5, 0.6) is 5.75 Å². The minimum Gasteiger partial charge on any atom is -0.496 e. The van der Waals surface area contributed by atoms with Crippen LogP contribution in [-0.4, -0.2) is 54.2 Å². The summed E-state index contributed by atoms with van der Waals surface area (Å²) in [5, 5.41) is 13.1. The van der Waals surface area contributed by atoms with Crippen LogP contribution in [-0.2, 0) is 19.0 Å². The van der Waals surface area contributed by atoms with Crippen LogP contribution in [0.2, 0.25) is 0 Å². The molecule has 1 N–H and O–H groups in total. The molecule has 0 amide bonds. The lowest BCUT2D eigenvalue weighted by Gasteiger charge is -2.52. The molecule has 7 heteroatoms. The van der Waals surface area contributed by atoms with Crippen LogP contribution in [0.25, 0.3) is 0 Å². The van der Waals surface area contributed by atoms with Crippen molar-refractivity contribution in [1.29, 1.82) is 0 Å². The van der Waals surface area contributed by atoms with E-state index in [0.717, 1.165) is 6.42 Å². The first-order valence-corrected chi connectivity index (χ1v) is 13.5. The molecular formula is C31H40O7. The van der Waals surface area contributed by atoms with Gasteiger partial charge in [0.05, 0.1) is 19.1 Å². The maximum absolute atomic E-state index is 14.8. The highest BCUT2D eigenvalue weighted by molar-refractivity contribution is 5.96. The second kappa shape index (κ2) is 8.77. The number of hydrogen-bond acceptors (Lipinski definition) is 7. The SMILES string of the molecule is COc1ccccc1C(=O)O[C@H]1C(C)=C[C@]23C(=O)[C@@H](C=C4COC(C)(C)O[C@H]4[C@]12O)C(C)(C)[C@@H](C)C[C@H]3C. The normalized spacial score (nSPS) is 39.1. The molecule has 1 spiro atoms. The first-order chi connectivity index (χ1) is 17.7. The predicted molar refractivity (Wildman–Crippen MR) is 142 cm³/mol. The minimum atomic E-state index is -1.87. The van der Waals surface area contributed by atoms with Crippen LogP contribution < -0.4 is 4.74 Å². The molecule has 38 heavy (non-hydrogen) atoms. The molecule has 2 fully saturated rings. The summed E-state index contributed by atoms with van der Waals surface area (Å²) >= 11 is 0. The van der Waals surface area contributed by atoms with E-state index >= 15 is 0 Å². The largest absolute Gasteiger partial charge is 0.496 e. The van der Waals surface area contributed by atoms with Crippen molar-refractivity contribution in [2.45, 2.75) is 78.5 Å². The van der Waals surface area contributed by atoms with Gasteiger partial charge in [-0.3, -0.25) is 4.79 Å². The Hall–Kier alpha value is -2.48. The van der Waals surface area contributed by atoms with Crippen molar-refractivity contribution in [1.82, 2.24) is 0 Å². The molecule has 5 rings (SSSR count). The molecule has 3 aliphatic carbocycles. The van der Waals surface area contributed by atoms with Gasteiger partial charge in [0, 0.05) is 5.92 Å². The fourth-order valence-corrected chi connectivity index (χ4v) is 7.34. The number of ether oxygens (including phenoxy) is 4. The zero-order chi connectivity index (χ0) is 27.8. The van der Waals surface area contributed by atoms with Gasteiger partial charge in [-0.1, -0.05) is 52.0 Å². The molecule has 4 aliphatic rings. The molecule has 1 saturated carbocycles. The molecule has 0 aromatic heterocycles. The average molecular weight is 525 g/mol. The number of ketones is 1. The number of benzene rings is 1. The number of fused-ring (bicyclic) bond motifs is 3. The molecule has 1 heterocycles. The number of rotatable bonds is 3. The summed E-state index contributed by atoms with van der Waals surface area (Å²) < 4.78 is 24.0. The van der Waals surface area contributed by atoms with Gasteiger partial charge in [0.15, 0.2) is 23.3 Å². The van der Waals surface area contributed by atoms with Crippen molar-refractivity contribution in [2.75, 3.05) is 13.7 Å². The molecule has 1 aliphatic heterocycles. The quantitative estimate of drug-likeness (QED) is 0.445. The molecule has 206 valence electrons. The zero-order valence-corrected chi connectivity index (χ0v) is 23.7. The minimum absolute atomic E-state index is 0.0552. The van der Waals surface area contributed by atoms with Gasteiger partial charge in [-0.25, -0.2) is 4.79 Å². The van der Waals surface area contributed by atoms with Crippen molar-refractivity contribution < 1.29 is 33.6 Å². The number of hydrogen-bond donors (Lipinski definition) is 1. The lowest BCUT2D eigenvalue weighted by atomic mass is 9.59. The van der Waals surface area contributed by atoms with E-state index < -0.39 is 40.9 Å². The Labute approximate surface area is 225 Å². The average Bonchev–Trinajstić information content (AvgIpc) is 3.02. The Morgan fingerprint density at radius 2 is 1.79 bits per heavy atom. The van der Waals surface area contributed by atoms with E-state index in [1.807, 2.05) is 26.0 Å². The molecule has 0 unspecified atom stereocenters. The number of methoxy groups -OCH3 is 1. The smallest absolute Gasteiger partial charge is 0.342 e. The van der Waals surface area contributed by atoms with Gasteiger partial charge in [-0.15, -0.1) is 0 Å². The lowest BCUT2D eigenvalue weighted by molar-refractivity contribution is -0.302. The molecule has 1 aromatic carbocycles. The maximum atomic E-state index is 14.8. The van der Waals surface area contributed by atoms with E-state index in [0.29, 0.717) is 16.9 Å². The van der Waals surface area contributed by atoms with E-state index in [1.165, 1.54) is 7.11 Å². The molecule has 7 nitrogen and oxygen atoms in total. The van der Waals surface area contributed by atoms with Crippen molar-refractivity contribution in [3.8, 4) is 5.75 Å². The van der Waals surface area contributed by atoms with Crippen LogP contribution in [0.15, 0.2) is 47.6 Å². The van der Waals surface area contributed by atoms with Crippen molar-refractivity contribution in [3.05, 3.63) is 53.1 Å². The maximum Gasteiger partial charge on any atom is 0.342 e. The highest BCUT2D eigenvalue weighted by Crippen LogP contribution is 2.64. The summed E-state index contributed by atoms with van der Waals surface area (Å²) in [6.07, 6.45) is 2.56. The third-order valence-electron chi connectivity index (χ3n) is 9.83. The van der Waals surface area contributed by atoms with Gasteiger partial charge in [-0.2, -0.15) is 0 Å². The summed E-state index contributed by atoms with van der Waals surface area (Å²) in [5.74, 6) is -1.81.